The van der Waals surface area contributed by atoms with Crippen molar-refractivity contribution in [2.45, 2.75) is 18.6 Å². The average Bonchev–Trinajstić information content (AvgIpc) is 3.11. The lowest BCUT2D eigenvalue weighted by Crippen LogP contribution is -2.15. The number of aryl methyl sites for hydroxylation is 1. The SMILES string of the molecule is COCCn1c(SCC(=O)Nc2ccc(C)c(Cl)c2)nnc1-c1ccncc1. The summed E-state index contributed by atoms with van der Waals surface area (Å²) in [4.78, 5) is 16.3. The van der Waals surface area contributed by atoms with Gasteiger partial charge >= 0.3 is 0 Å². The first kappa shape index (κ1) is 20.3. The van der Waals surface area contributed by atoms with E-state index in [1.165, 1.54) is 11.8 Å². The van der Waals surface area contributed by atoms with E-state index in [4.69, 9.17) is 16.3 Å². The molecule has 0 atom stereocenters. The fraction of sp³-hybridized carbons (Fsp3) is 0.263. The summed E-state index contributed by atoms with van der Waals surface area (Å²) in [5.74, 6) is 0.775. The van der Waals surface area contributed by atoms with Crippen molar-refractivity contribution >= 4 is 35.0 Å². The molecule has 3 rings (SSSR count). The highest BCUT2D eigenvalue weighted by Crippen LogP contribution is 2.24. The molecule has 0 bridgehead atoms. The highest BCUT2D eigenvalue weighted by molar-refractivity contribution is 7.99. The Morgan fingerprint density at radius 2 is 2.04 bits per heavy atom. The van der Waals surface area contributed by atoms with Crippen molar-refractivity contribution in [2.75, 3.05) is 24.8 Å². The van der Waals surface area contributed by atoms with Gasteiger partial charge in [-0.1, -0.05) is 29.4 Å². The van der Waals surface area contributed by atoms with Crippen LogP contribution >= 0.6 is 23.4 Å². The van der Waals surface area contributed by atoms with Gasteiger partial charge in [-0.25, -0.2) is 0 Å². The number of aromatic nitrogens is 4. The molecule has 3 aromatic rings. The maximum atomic E-state index is 12.3. The van der Waals surface area contributed by atoms with Crippen molar-refractivity contribution in [1.82, 2.24) is 19.7 Å². The zero-order valence-electron chi connectivity index (χ0n) is 15.6. The van der Waals surface area contributed by atoms with Crippen LogP contribution in [0, 0.1) is 6.92 Å². The van der Waals surface area contributed by atoms with Gasteiger partial charge in [-0.05, 0) is 36.8 Å². The number of ether oxygens (including phenoxy) is 1. The van der Waals surface area contributed by atoms with E-state index in [2.05, 4.69) is 20.5 Å². The average molecular weight is 418 g/mol. The van der Waals surface area contributed by atoms with Crippen LogP contribution in [-0.4, -0.2) is 45.1 Å². The fourth-order valence-corrected chi connectivity index (χ4v) is 3.44. The largest absolute Gasteiger partial charge is 0.383 e. The molecule has 9 heteroatoms. The predicted molar refractivity (Wildman–Crippen MR) is 111 cm³/mol. The number of halogens is 1. The van der Waals surface area contributed by atoms with Crippen LogP contribution in [0.15, 0.2) is 47.9 Å². The third-order valence-corrected chi connectivity index (χ3v) is 5.34. The number of carbonyl (C=O) groups excluding carboxylic acids is 1. The fourth-order valence-electron chi connectivity index (χ4n) is 2.49. The first-order valence-electron chi connectivity index (χ1n) is 8.60. The Hall–Kier alpha value is -2.42. The maximum absolute atomic E-state index is 12.3. The molecule has 0 aliphatic heterocycles. The lowest BCUT2D eigenvalue weighted by atomic mass is 10.2. The number of benzene rings is 1. The van der Waals surface area contributed by atoms with E-state index >= 15 is 0 Å². The monoisotopic (exact) mass is 417 g/mol. The highest BCUT2D eigenvalue weighted by atomic mass is 35.5. The molecule has 0 fully saturated rings. The molecular formula is C19H20ClN5O2S. The summed E-state index contributed by atoms with van der Waals surface area (Å²) in [6.07, 6.45) is 3.41. The zero-order chi connectivity index (χ0) is 19.9. The molecule has 1 aromatic carbocycles. The van der Waals surface area contributed by atoms with Gasteiger partial charge in [0.25, 0.3) is 0 Å². The molecule has 0 radical (unpaired) electrons. The van der Waals surface area contributed by atoms with Gasteiger partial charge in [0.1, 0.15) is 0 Å². The van der Waals surface area contributed by atoms with Gasteiger partial charge in [0.2, 0.25) is 5.91 Å². The molecule has 0 aliphatic carbocycles. The van der Waals surface area contributed by atoms with Gasteiger partial charge in [-0.2, -0.15) is 0 Å². The number of hydrogen-bond acceptors (Lipinski definition) is 6. The Kier molecular flexibility index (Phi) is 7.02. The topological polar surface area (TPSA) is 81.9 Å². The van der Waals surface area contributed by atoms with Crippen molar-refractivity contribution in [3.8, 4) is 11.4 Å². The molecule has 2 aromatic heterocycles. The van der Waals surface area contributed by atoms with Crippen LogP contribution in [0.5, 0.6) is 0 Å². The summed E-state index contributed by atoms with van der Waals surface area (Å²) in [7, 11) is 1.64. The third kappa shape index (κ3) is 5.09. The van der Waals surface area contributed by atoms with Crippen LogP contribution in [0.1, 0.15) is 5.56 Å². The van der Waals surface area contributed by atoms with E-state index in [1.54, 1.807) is 25.6 Å². The number of amides is 1. The number of nitrogens with zero attached hydrogens (tertiary/aromatic N) is 4. The van der Waals surface area contributed by atoms with E-state index in [0.29, 0.717) is 34.8 Å². The molecule has 146 valence electrons. The maximum Gasteiger partial charge on any atom is 0.234 e. The quantitative estimate of drug-likeness (QED) is 0.563. The minimum Gasteiger partial charge on any atom is -0.383 e. The highest BCUT2D eigenvalue weighted by Gasteiger charge is 2.15. The lowest BCUT2D eigenvalue weighted by molar-refractivity contribution is -0.113. The van der Waals surface area contributed by atoms with E-state index in [9.17, 15) is 4.79 Å². The van der Waals surface area contributed by atoms with E-state index in [1.807, 2.05) is 35.8 Å². The number of thioether (sulfide) groups is 1. The minimum atomic E-state index is -0.142. The van der Waals surface area contributed by atoms with Gasteiger partial charge in [0, 0.05) is 35.8 Å². The van der Waals surface area contributed by atoms with E-state index in [0.717, 1.165) is 11.1 Å². The smallest absolute Gasteiger partial charge is 0.234 e. The van der Waals surface area contributed by atoms with E-state index in [-0.39, 0.29) is 11.7 Å². The molecular weight excluding hydrogens is 398 g/mol. The Labute approximate surface area is 172 Å². The molecule has 1 amide bonds. The van der Waals surface area contributed by atoms with Gasteiger partial charge in [0.05, 0.1) is 18.9 Å². The van der Waals surface area contributed by atoms with Gasteiger partial charge in [0.15, 0.2) is 11.0 Å². The second-order valence-corrected chi connectivity index (χ2v) is 7.34. The molecule has 0 saturated heterocycles. The lowest BCUT2D eigenvalue weighted by Gasteiger charge is -2.10. The normalized spacial score (nSPS) is 10.8. The second kappa shape index (κ2) is 9.68. The summed E-state index contributed by atoms with van der Waals surface area (Å²) in [6, 6.07) is 9.17. The molecule has 2 heterocycles. The summed E-state index contributed by atoms with van der Waals surface area (Å²) in [6.45, 7) is 3.01. The van der Waals surface area contributed by atoms with Crippen LogP contribution in [0.3, 0.4) is 0 Å². The Morgan fingerprint density at radius 1 is 1.25 bits per heavy atom. The van der Waals surface area contributed by atoms with Gasteiger partial charge in [-0.3, -0.25) is 14.3 Å². The molecule has 0 unspecified atom stereocenters. The Balaban J connectivity index is 1.70. The first-order chi connectivity index (χ1) is 13.6. The van der Waals surface area contributed by atoms with Crippen molar-refractivity contribution in [3.63, 3.8) is 0 Å². The summed E-state index contributed by atoms with van der Waals surface area (Å²) < 4.78 is 7.14. The van der Waals surface area contributed by atoms with Gasteiger partial charge in [-0.15, -0.1) is 10.2 Å². The van der Waals surface area contributed by atoms with Crippen LogP contribution in [0.2, 0.25) is 5.02 Å². The van der Waals surface area contributed by atoms with Crippen molar-refractivity contribution in [1.29, 1.82) is 0 Å². The van der Waals surface area contributed by atoms with Crippen LogP contribution in [-0.2, 0) is 16.1 Å². The summed E-state index contributed by atoms with van der Waals surface area (Å²) >= 11 is 7.43. The first-order valence-corrected chi connectivity index (χ1v) is 9.96. The zero-order valence-corrected chi connectivity index (χ0v) is 17.1. The Morgan fingerprint density at radius 3 is 2.75 bits per heavy atom. The molecule has 7 nitrogen and oxygen atoms in total. The predicted octanol–water partition coefficient (Wildman–Crippen LogP) is 3.68. The molecule has 0 saturated carbocycles. The second-order valence-electron chi connectivity index (χ2n) is 5.99. The Bertz CT molecular complexity index is 949. The number of anilines is 1. The van der Waals surface area contributed by atoms with Crippen molar-refractivity contribution in [2.24, 2.45) is 0 Å². The number of methoxy groups -OCH3 is 1. The third-order valence-electron chi connectivity index (χ3n) is 3.96. The number of nitrogens with one attached hydrogen (secondary N) is 1. The van der Waals surface area contributed by atoms with Crippen molar-refractivity contribution < 1.29 is 9.53 Å². The summed E-state index contributed by atoms with van der Waals surface area (Å²) in [5.41, 5.74) is 2.53. The molecule has 28 heavy (non-hydrogen) atoms. The number of pyridine rings is 1. The molecule has 1 N–H and O–H groups in total. The number of carbonyl (C=O) groups is 1. The standard InChI is InChI=1S/C19H20ClN5O2S/c1-13-3-4-15(11-16(13)20)22-17(26)12-28-19-24-23-18(25(19)9-10-27-2)14-5-7-21-8-6-14/h3-8,11H,9-10,12H2,1-2H3,(H,22,26). The van der Waals surface area contributed by atoms with Crippen LogP contribution in [0.25, 0.3) is 11.4 Å². The van der Waals surface area contributed by atoms with Crippen molar-refractivity contribution in [3.05, 3.63) is 53.3 Å². The molecule has 0 spiro atoms. The number of rotatable bonds is 8. The van der Waals surface area contributed by atoms with Crippen LogP contribution < -0.4 is 5.32 Å². The summed E-state index contributed by atoms with van der Waals surface area (Å²) in [5, 5.41) is 12.6. The molecule has 0 aliphatic rings. The van der Waals surface area contributed by atoms with Gasteiger partial charge < -0.3 is 10.1 Å². The minimum absolute atomic E-state index is 0.142. The van der Waals surface area contributed by atoms with Crippen LogP contribution in [0.4, 0.5) is 5.69 Å². The van der Waals surface area contributed by atoms with E-state index < -0.39 is 0 Å². The number of hydrogen-bond donors (Lipinski definition) is 1.